The summed E-state index contributed by atoms with van der Waals surface area (Å²) in [4.78, 5) is 4.53. The average molecular weight is 421 g/mol. The lowest BCUT2D eigenvalue weighted by Gasteiger charge is -2.40. The molecule has 2 saturated heterocycles. The number of hydrogen-bond acceptors (Lipinski definition) is 5. The van der Waals surface area contributed by atoms with Crippen LogP contribution < -0.4 is 11.3 Å². The number of nitrogens with one attached hydrogen (secondary N) is 1. The van der Waals surface area contributed by atoms with Gasteiger partial charge in [0.05, 0.1) is 23.9 Å². The Morgan fingerprint density at radius 3 is 2.95 bits per heavy atom. The fourth-order valence-corrected chi connectivity index (χ4v) is 4.54. The molecular formula is C14H19Br2N3O2. The van der Waals surface area contributed by atoms with Gasteiger partial charge in [-0.2, -0.15) is 0 Å². The van der Waals surface area contributed by atoms with Gasteiger partial charge in [-0.15, -0.1) is 0 Å². The van der Waals surface area contributed by atoms with Crippen molar-refractivity contribution in [2.75, 3.05) is 19.8 Å². The van der Waals surface area contributed by atoms with Gasteiger partial charge in [0.2, 0.25) is 0 Å². The molecule has 3 atom stereocenters. The predicted octanol–water partition coefficient (Wildman–Crippen LogP) is 2.70. The van der Waals surface area contributed by atoms with E-state index in [9.17, 15) is 0 Å². The standard InChI is InChI=1S/C14H19Br2N3O2/c15-10-5-11(16)13(18-7-10)12(19-17)9-1-3-21-14(6-9)2-4-20-8-14/h5,7,9,12,19H,1-4,6,8,17H2. The van der Waals surface area contributed by atoms with Crippen LogP contribution in [0.3, 0.4) is 0 Å². The first-order valence-corrected chi connectivity index (χ1v) is 8.71. The lowest BCUT2D eigenvalue weighted by molar-refractivity contribution is -0.103. The third-order valence-electron chi connectivity index (χ3n) is 4.38. The van der Waals surface area contributed by atoms with Gasteiger partial charge >= 0.3 is 0 Å². The van der Waals surface area contributed by atoms with Gasteiger partial charge in [-0.25, -0.2) is 0 Å². The van der Waals surface area contributed by atoms with E-state index in [2.05, 4.69) is 42.3 Å². The average Bonchev–Trinajstić information content (AvgIpc) is 2.90. The van der Waals surface area contributed by atoms with Crippen molar-refractivity contribution < 1.29 is 9.47 Å². The number of nitrogens with zero attached hydrogens (tertiary/aromatic N) is 1. The lowest BCUT2D eigenvalue weighted by atomic mass is 9.80. The zero-order valence-electron chi connectivity index (χ0n) is 11.6. The molecule has 21 heavy (non-hydrogen) atoms. The van der Waals surface area contributed by atoms with Crippen molar-refractivity contribution in [3.8, 4) is 0 Å². The van der Waals surface area contributed by atoms with Crippen molar-refractivity contribution in [2.45, 2.75) is 30.9 Å². The van der Waals surface area contributed by atoms with Gasteiger partial charge in [0.25, 0.3) is 0 Å². The van der Waals surface area contributed by atoms with Crippen LogP contribution in [-0.4, -0.2) is 30.4 Å². The Hall–Kier alpha value is -0.0500. The summed E-state index contributed by atoms with van der Waals surface area (Å²) in [6, 6.07) is 2.01. The molecule has 3 rings (SSSR count). The van der Waals surface area contributed by atoms with Gasteiger partial charge in [0.1, 0.15) is 0 Å². The number of ether oxygens (including phenoxy) is 2. The number of pyridine rings is 1. The Morgan fingerprint density at radius 2 is 2.29 bits per heavy atom. The van der Waals surface area contributed by atoms with Crippen LogP contribution in [-0.2, 0) is 9.47 Å². The molecule has 0 radical (unpaired) electrons. The highest BCUT2D eigenvalue weighted by molar-refractivity contribution is 9.11. The smallest absolute Gasteiger partial charge is 0.0940 e. The van der Waals surface area contributed by atoms with E-state index in [1.54, 1.807) is 6.20 Å². The number of rotatable bonds is 3. The molecule has 0 amide bonds. The van der Waals surface area contributed by atoms with E-state index < -0.39 is 0 Å². The minimum atomic E-state index is -0.125. The minimum Gasteiger partial charge on any atom is -0.378 e. The van der Waals surface area contributed by atoms with Crippen LogP contribution >= 0.6 is 31.9 Å². The second-order valence-electron chi connectivity index (χ2n) is 5.75. The number of hydrazine groups is 1. The van der Waals surface area contributed by atoms with Gasteiger partial charge in [0, 0.05) is 34.8 Å². The number of nitrogens with two attached hydrogens (primary N) is 1. The van der Waals surface area contributed by atoms with E-state index in [-0.39, 0.29) is 11.6 Å². The summed E-state index contributed by atoms with van der Waals surface area (Å²) in [6.07, 6.45) is 4.70. The molecule has 3 unspecified atom stereocenters. The van der Waals surface area contributed by atoms with E-state index in [1.165, 1.54) is 0 Å². The Labute approximate surface area is 141 Å². The van der Waals surface area contributed by atoms with Crippen molar-refractivity contribution in [2.24, 2.45) is 11.8 Å². The quantitative estimate of drug-likeness (QED) is 0.581. The Morgan fingerprint density at radius 1 is 1.43 bits per heavy atom. The summed E-state index contributed by atoms with van der Waals surface area (Å²) in [7, 11) is 0. The molecule has 0 bridgehead atoms. The van der Waals surface area contributed by atoms with E-state index in [0.29, 0.717) is 12.5 Å². The molecule has 1 aromatic heterocycles. The first-order valence-electron chi connectivity index (χ1n) is 7.12. The third kappa shape index (κ3) is 3.33. The van der Waals surface area contributed by atoms with Gasteiger partial charge in [0.15, 0.2) is 0 Å². The van der Waals surface area contributed by atoms with Crippen molar-refractivity contribution >= 4 is 31.9 Å². The molecule has 7 heteroatoms. The molecule has 3 N–H and O–H groups in total. The fraction of sp³-hybridized carbons (Fsp3) is 0.643. The van der Waals surface area contributed by atoms with Gasteiger partial charge in [-0.05, 0) is 56.7 Å². The first kappa shape index (κ1) is 15.8. The molecule has 2 aliphatic rings. The molecule has 0 aromatic carbocycles. The molecule has 0 aliphatic carbocycles. The maximum Gasteiger partial charge on any atom is 0.0940 e. The minimum absolute atomic E-state index is 0.00819. The second-order valence-corrected chi connectivity index (χ2v) is 7.52. The maximum atomic E-state index is 6.00. The SMILES string of the molecule is NNC(c1ncc(Br)cc1Br)C1CCOC2(CCOC2)C1. The highest BCUT2D eigenvalue weighted by Gasteiger charge is 2.43. The van der Waals surface area contributed by atoms with Crippen molar-refractivity contribution in [3.63, 3.8) is 0 Å². The summed E-state index contributed by atoms with van der Waals surface area (Å²) < 4.78 is 13.4. The Kier molecular flexibility index (Phi) is 4.97. The lowest BCUT2D eigenvalue weighted by Crippen LogP contribution is -2.45. The zero-order valence-corrected chi connectivity index (χ0v) is 14.8. The first-order chi connectivity index (χ1) is 10.1. The molecular weight excluding hydrogens is 402 g/mol. The normalized spacial score (nSPS) is 30.7. The van der Waals surface area contributed by atoms with E-state index in [0.717, 1.165) is 47.1 Å². The van der Waals surface area contributed by atoms with Crippen LogP contribution in [0.15, 0.2) is 21.2 Å². The van der Waals surface area contributed by atoms with E-state index in [4.69, 9.17) is 15.3 Å². The summed E-state index contributed by atoms with van der Waals surface area (Å²) in [5, 5.41) is 0. The topological polar surface area (TPSA) is 69.4 Å². The van der Waals surface area contributed by atoms with Gasteiger partial charge in [-0.3, -0.25) is 16.3 Å². The monoisotopic (exact) mass is 419 g/mol. The summed E-state index contributed by atoms with van der Waals surface area (Å²) in [5.41, 5.74) is 3.77. The predicted molar refractivity (Wildman–Crippen MR) is 86.5 cm³/mol. The molecule has 0 saturated carbocycles. The summed E-state index contributed by atoms with van der Waals surface area (Å²) in [6.45, 7) is 2.23. The van der Waals surface area contributed by atoms with E-state index in [1.807, 2.05) is 6.07 Å². The number of hydrogen-bond donors (Lipinski definition) is 2. The Balaban J connectivity index is 1.82. The van der Waals surface area contributed by atoms with Crippen LogP contribution in [0.25, 0.3) is 0 Å². The van der Waals surface area contributed by atoms with Crippen LogP contribution in [0.5, 0.6) is 0 Å². The Bertz CT molecular complexity index is 509. The van der Waals surface area contributed by atoms with Crippen molar-refractivity contribution in [3.05, 3.63) is 26.9 Å². The molecule has 5 nitrogen and oxygen atoms in total. The van der Waals surface area contributed by atoms with Gasteiger partial charge in [-0.1, -0.05) is 0 Å². The maximum absolute atomic E-state index is 6.00. The molecule has 1 aromatic rings. The third-order valence-corrected chi connectivity index (χ3v) is 5.45. The van der Waals surface area contributed by atoms with Crippen LogP contribution in [0.1, 0.15) is 31.0 Å². The molecule has 2 fully saturated rings. The van der Waals surface area contributed by atoms with Crippen molar-refractivity contribution in [1.29, 1.82) is 0 Å². The highest BCUT2D eigenvalue weighted by Crippen LogP contribution is 2.41. The van der Waals surface area contributed by atoms with Gasteiger partial charge < -0.3 is 9.47 Å². The molecule has 3 heterocycles. The van der Waals surface area contributed by atoms with Crippen LogP contribution in [0, 0.1) is 5.92 Å². The zero-order chi connectivity index (χ0) is 14.9. The number of aromatic nitrogens is 1. The summed E-state index contributed by atoms with van der Waals surface area (Å²) >= 11 is 7.02. The summed E-state index contributed by atoms with van der Waals surface area (Å²) in [5.74, 6) is 6.22. The fourth-order valence-electron chi connectivity index (χ4n) is 3.31. The van der Waals surface area contributed by atoms with Crippen molar-refractivity contribution in [1.82, 2.24) is 10.4 Å². The molecule has 2 aliphatic heterocycles. The molecule has 116 valence electrons. The molecule has 1 spiro atoms. The van der Waals surface area contributed by atoms with Crippen LogP contribution in [0.2, 0.25) is 0 Å². The highest BCUT2D eigenvalue weighted by atomic mass is 79.9. The largest absolute Gasteiger partial charge is 0.378 e. The van der Waals surface area contributed by atoms with E-state index >= 15 is 0 Å². The number of halogens is 2. The van der Waals surface area contributed by atoms with Crippen LogP contribution in [0.4, 0.5) is 0 Å². The second kappa shape index (κ2) is 6.60.